The van der Waals surface area contributed by atoms with Gasteiger partial charge in [-0.1, -0.05) is 12.1 Å². The Kier molecular flexibility index (Phi) is 5.81. The number of nitrogens with one attached hydrogen (secondary N) is 1. The Morgan fingerprint density at radius 1 is 1.43 bits per heavy atom. The van der Waals surface area contributed by atoms with Gasteiger partial charge in [0.1, 0.15) is 11.9 Å². The van der Waals surface area contributed by atoms with Crippen LogP contribution in [0.5, 0.6) is 5.75 Å². The number of fused-ring (bicyclic) bond motifs is 1. The fourth-order valence-electron chi connectivity index (χ4n) is 2.70. The fraction of sp³-hybridized carbons (Fsp3) is 0.500. The van der Waals surface area contributed by atoms with Crippen LogP contribution in [0, 0.1) is 0 Å². The lowest BCUT2D eigenvalue weighted by Crippen LogP contribution is -2.46. The molecule has 1 heterocycles. The predicted octanol–water partition coefficient (Wildman–Crippen LogP) is 0.791. The van der Waals surface area contributed by atoms with Gasteiger partial charge in [-0.05, 0) is 26.1 Å². The highest BCUT2D eigenvalue weighted by Gasteiger charge is 2.25. The van der Waals surface area contributed by atoms with E-state index in [9.17, 15) is 9.59 Å². The molecule has 0 spiro atoms. The van der Waals surface area contributed by atoms with Crippen molar-refractivity contribution < 1.29 is 14.3 Å². The minimum Gasteiger partial charge on any atom is -0.485 e. The topological polar surface area (TPSA) is 87.9 Å². The average Bonchev–Trinajstić information content (AvgIpc) is 2.51. The van der Waals surface area contributed by atoms with Gasteiger partial charge in [0, 0.05) is 26.1 Å². The van der Waals surface area contributed by atoms with Crippen LogP contribution in [-0.4, -0.2) is 56.2 Å². The van der Waals surface area contributed by atoms with E-state index in [0.29, 0.717) is 13.1 Å². The van der Waals surface area contributed by atoms with E-state index < -0.39 is 6.03 Å². The van der Waals surface area contributed by atoms with Crippen molar-refractivity contribution in [3.05, 3.63) is 24.3 Å². The first-order valence-corrected chi connectivity index (χ1v) is 7.78. The highest BCUT2D eigenvalue weighted by Crippen LogP contribution is 2.32. The molecule has 3 N–H and O–H groups in total. The van der Waals surface area contributed by atoms with Gasteiger partial charge < -0.3 is 20.3 Å². The number of anilines is 1. The standard InChI is InChI=1S/C16H24N4O3/c1-3-20-11-12(23-14-7-5-4-6-13(14)20)10-19(2)9-8-15(21)18-16(17)22/h4-7,12H,3,8-11H2,1-2H3,(H3,17,18,21,22). The molecule has 2 rings (SSSR count). The number of benzene rings is 1. The Morgan fingerprint density at radius 3 is 2.87 bits per heavy atom. The SMILES string of the molecule is CCN1CC(CN(C)CCC(=O)NC(N)=O)Oc2ccccc21. The van der Waals surface area contributed by atoms with Crippen molar-refractivity contribution in [2.24, 2.45) is 5.73 Å². The molecule has 1 aromatic rings. The normalized spacial score (nSPS) is 16.7. The second-order valence-electron chi connectivity index (χ2n) is 5.67. The Hall–Kier alpha value is -2.28. The van der Waals surface area contributed by atoms with E-state index in [2.05, 4.69) is 23.2 Å². The number of nitrogens with two attached hydrogens (primary N) is 1. The number of nitrogens with zero attached hydrogens (tertiary/aromatic N) is 2. The van der Waals surface area contributed by atoms with E-state index in [1.54, 1.807) is 0 Å². The molecule has 0 fully saturated rings. The number of likely N-dealkylation sites (N-methyl/N-ethyl adjacent to an activating group) is 2. The van der Waals surface area contributed by atoms with Gasteiger partial charge in [0.15, 0.2) is 0 Å². The first-order valence-electron chi connectivity index (χ1n) is 7.78. The third kappa shape index (κ3) is 4.85. The molecular weight excluding hydrogens is 296 g/mol. The van der Waals surface area contributed by atoms with Gasteiger partial charge in [-0.3, -0.25) is 10.1 Å². The number of urea groups is 1. The van der Waals surface area contributed by atoms with Gasteiger partial charge in [-0.15, -0.1) is 0 Å². The van der Waals surface area contributed by atoms with Crippen molar-refractivity contribution in [2.75, 3.05) is 38.1 Å². The van der Waals surface area contributed by atoms with Crippen LogP contribution in [0.3, 0.4) is 0 Å². The maximum atomic E-state index is 11.4. The highest BCUT2D eigenvalue weighted by atomic mass is 16.5. The summed E-state index contributed by atoms with van der Waals surface area (Å²) in [5, 5.41) is 2.06. The minimum atomic E-state index is -0.816. The zero-order chi connectivity index (χ0) is 16.8. The number of imide groups is 1. The summed E-state index contributed by atoms with van der Waals surface area (Å²) in [4.78, 5) is 26.4. The summed E-state index contributed by atoms with van der Waals surface area (Å²) in [7, 11) is 1.93. The maximum Gasteiger partial charge on any atom is 0.318 e. The zero-order valence-electron chi connectivity index (χ0n) is 13.6. The van der Waals surface area contributed by atoms with Gasteiger partial charge in [0.05, 0.1) is 12.2 Å². The first-order chi connectivity index (χ1) is 11.0. The molecule has 0 saturated carbocycles. The van der Waals surface area contributed by atoms with E-state index >= 15 is 0 Å². The molecule has 7 heteroatoms. The van der Waals surface area contributed by atoms with Crippen molar-refractivity contribution in [3.8, 4) is 5.75 Å². The summed E-state index contributed by atoms with van der Waals surface area (Å²) in [5.74, 6) is 0.528. The molecule has 0 aromatic heterocycles. The van der Waals surface area contributed by atoms with Gasteiger partial charge in [0.25, 0.3) is 0 Å². The van der Waals surface area contributed by atoms with E-state index in [4.69, 9.17) is 10.5 Å². The Balaban J connectivity index is 1.86. The lowest BCUT2D eigenvalue weighted by molar-refractivity contribution is -0.120. The molecule has 1 atom stereocenters. The molecule has 0 radical (unpaired) electrons. The lowest BCUT2D eigenvalue weighted by Gasteiger charge is -2.37. The van der Waals surface area contributed by atoms with Gasteiger partial charge >= 0.3 is 6.03 Å². The summed E-state index contributed by atoms with van der Waals surface area (Å²) in [6.07, 6.45) is 0.259. The van der Waals surface area contributed by atoms with Crippen molar-refractivity contribution >= 4 is 17.6 Å². The van der Waals surface area contributed by atoms with Crippen LogP contribution in [0.25, 0.3) is 0 Å². The molecule has 126 valence electrons. The quantitative estimate of drug-likeness (QED) is 0.809. The number of para-hydroxylation sites is 2. The van der Waals surface area contributed by atoms with Crippen molar-refractivity contribution in [1.82, 2.24) is 10.2 Å². The van der Waals surface area contributed by atoms with Crippen LogP contribution < -0.4 is 20.7 Å². The average molecular weight is 320 g/mol. The molecule has 1 aliphatic heterocycles. The number of carbonyl (C=O) groups excluding carboxylic acids is 2. The molecule has 7 nitrogen and oxygen atoms in total. The van der Waals surface area contributed by atoms with Crippen LogP contribution in [0.4, 0.5) is 10.5 Å². The van der Waals surface area contributed by atoms with Crippen LogP contribution in [0.15, 0.2) is 24.3 Å². The monoisotopic (exact) mass is 320 g/mol. The number of carbonyl (C=O) groups is 2. The Morgan fingerprint density at radius 2 is 2.17 bits per heavy atom. The molecule has 23 heavy (non-hydrogen) atoms. The summed E-state index contributed by atoms with van der Waals surface area (Å²) >= 11 is 0. The number of ether oxygens (including phenoxy) is 1. The molecule has 0 aliphatic carbocycles. The Bertz CT molecular complexity index is 564. The third-order valence-electron chi connectivity index (χ3n) is 3.80. The summed E-state index contributed by atoms with van der Waals surface area (Å²) < 4.78 is 6.05. The lowest BCUT2D eigenvalue weighted by atomic mass is 10.2. The zero-order valence-corrected chi connectivity index (χ0v) is 13.6. The van der Waals surface area contributed by atoms with Crippen molar-refractivity contribution in [1.29, 1.82) is 0 Å². The van der Waals surface area contributed by atoms with Crippen LogP contribution in [0.1, 0.15) is 13.3 Å². The minimum absolute atomic E-state index is 0.0362. The van der Waals surface area contributed by atoms with E-state index in [-0.39, 0.29) is 18.4 Å². The van der Waals surface area contributed by atoms with Gasteiger partial charge in [-0.2, -0.15) is 0 Å². The van der Waals surface area contributed by atoms with Crippen molar-refractivity contribution in [2.45, 2.75) is 19.4 Å². The number of amides is 3. The van der Waals surface area contributed by atoms with Crippen molar-refractivity contribution in [3.63, 3.8) is 0 Å². The fourth-order valence-corrected chi connectivity index (χ4v) is 2.70. The van der Waals surface area contributed by atoms with E-state index in [0.717, 1.165) is 24.5 Å². The second-order valence-corrected chi connectivity index (χ2v) is 5.67. The number of primary amides is 1. The smallest absolute Gasteiger partial charge is 0.318 e. The Labute approximate surface area is 136 Å². The van der Waals surface area contributed by atoms with Gasteiger partial charge in [0.2, 0.25) is 5.91 Å². The summed E-state index contributed by atoms with van der Waals surface area (Å²) in [6.45, 7) is 5.09. The molecule has 0 bridgehead atoms. The number of hydrogen-bond acceptors (Lipinski definition) is 5. The highest BCUT2D eigenvalue weighted by molar-refractivity contribution is 5.93. The molecule has 0 saturated heterocycles. The number of rotatable bonds is 6. The molecular formula is C16H24N4O3. The predicted molar refractivity (Wildman–Crippen MR) is 88.6 cm³/mol. The van der Waals surface area contributed by atoms with E-state index in [1.165, 1.54) is 0 Å². The second kappa shape index (κ2) is 7.82. The molecule has 3 amide bonds. The third-order valence-corrected chi connectivity index (χ3v) is 3.80. The van der Waals surface area contributed by atoms with E-state index in [1.807, 2.05) is 30.1 Å². The first kappa shape index (κ1) is 17.1. The van der Waals surface area contributed by atoms with Gasteiger partial charge in [-0.25, -0.2) is 4.79 Å². The number of hydrogen-bond donors (Lipinski definition) is 2. The molecule has 1 unspecified atom stereocenters. The van der Waals surface area contributed by atoms with Crippen LogP contribution >= 0.6 is 0 Å². The summed E-state index contributed by atoms with van der Waals surface area (Å²) in [6, 6.07) is 7.20. The maximum absolute atomic E-state index is 11.4. The largest absolute Gasteiger partial charge is 0.485 e. The molecule has 1 aliphatic rings. The van der Waals surface area contributed by atoms with Crippen LogP contribution in [-0.2, 0) is 4.79 Å². The van der Waals surface area contributed by atoms with Crippen LogP contribution in [0.2, 0.25) is 0 Å². The molecule has 1 aromatic carbocycles. The summed E-state index contributed by atoms with van der Waals surface area (Å²) in [5.41, 5.74) is 6.04.